The van der Waals surface area contributed by atoms with Crippen molar-refractivity contribution in [3.05, 3.63) is 120 Å². The standard InChI is InChI=1S/2C17H16O3.Al/c2*18-17(19)16(12-9-10-12)13-5-4-8-15(11-13)20-14-6-2-1-3-7-14;/h2*1-8,11-12,16H,9-10H2,(H,18,19);/q;;+3/p-2. The van der Waals surface area contributed by atoms with Gasteiger partial charge in [-0.05, 0) is 0 Å². The Bertz CT molecular complexity index is 1370. The molecule has 0 heterocycles. The Morgan fingerprint density at radius 1 is 0.537 bits per heavy atom. The second kappa shape index (κ2) is 12.6. The molecule has 0 amide bonds. The fourth-order valence-corrected chi connectivity index (χ4v) is 5.65. The van der Waals surface area contributed by atoms with Gasteiger partial charge in [0.25, 0.3) is 0 Å². The first-order chi connectivity index (χ1) is 20.1. The minimum absolute atomic E-state index is 0.219. The summed E-state index contributed by atoms with van der Waals surface area (Å²) in [6.07, 6.45) is 3.85. The number of hydrogen-bond acceptors (Lipinski definition) is 6. The SMILES string of the molecule is O=C([O][Al+][O]C(=O)C(c1cccc(Oc2ccccc2)c1)C1CC1)C(c1cccc(Oc2ccccc2)c1)C1CC1. The van der Waals surface area contributed by atoms with Gasteiger partial charge in [0.05, 0.1) is 0 Å². The van der Waals surface area contributed by atoms with Crippen molar-refractivity contribution in [2.24, 2.45) is 11.8 Å². The van der Waals surface area contributed by atoms with E-state index in [2.05, 4.69) is 0 Å². The zero-order chi connectivity index (χ0) is 28.0. The Kier molecular flexibility index (Phi) is 8.37. The zero-order valence-electron chi connectivity index (χ0n) is 22.6. The number of para-hydroxylation sites is 2. The number of benzene rings is 4. The topological polar surface area (TPSA) is 71.1 Å². The fourth-order valence-electron chi connectivity index (χ4n) is 5.12. The van der Waals surface area contributed by atoms with E-state index in [9.17, 15) is 9.59 Å². The van der Waals surface area contributed by atoms with Crippen LogP contribution in [0.1, 0.15) is 48.6 Å². The maximum absolute atomic E-state index is 13.2. The van der Waals surface area contributed by atoms with Gasteiger partial charge in [-0.15, -0.1) is 0 Å². The van der Waals surface area contributed by atoms with Crippen LogP contribution in [0.4, 0.5) is 0 Å². The van der Waals surface area contributed by atoms with Gasteiger partial charge in [0.1, 0.15) is 0 Å². The molecular weight excluding hydrogens is 531 g/mol. The predicted octanol–water partition coefficient (Wildman–Crippen LogP) is 7.58. The fraction of sp³-hybridized carbons (Fsp3) is 0.235. The van der Waals surface area contributed by atoms with E-state index < -0.39 is 27.7 Å². The molecule has 2 fully saturated rings. The monoisotopic (exact) mass is 561 g/mol. The predicted molar refractivity (Wildman–Crippen MR) is 155 cm³/mol. The van der Waals surface area contributed by atoms with E-state index in [1.807, 2.05) is 109 Å². The van der Waals surface area contributed by atoms with E-state index in [1.54, 1.807) is 0 Å². The van der Waals surface area contributed by atoms with E-state index in [0.717, 1.165) is 48.3 Å². The molecule has 2 aliphatic carbocycles. The van der Waals surface area contributed by atoms with Gasteiger partial charge in [-0.25, -0.2) is 0 Å². The maximum atomic E-state index is 13.2. The van der Waals surface area contributed by atoms with Crippen LogP contribution in [0.5, 0.6) is 23.0 Å². The molecule has 204 valence electrons. The molecule has 2 unspecified atom stereocenters. The second-order valence-corrected chi connectivity index (χ2v) is 11.2. The van der Waals surface area contributed by atoms with E-state index in [4.69, 9.17) is 17.1 Å². The van der Waals surface area contributed by atoms with Gasteiger partial charge >= 0.3 is 247 Å². The quantitative estimate of drug-likeness (QED) is 0.166. The molecule has 4 aromatic carbocycles. The Balaban J connectivity index is 1.08. The normalized spacial score (nSPS) is 15.6. The second-order valence-electron chi connectivity index (χ2n) is 10.6. The van der Waals surface area contributed by atoms with Crippen molar-refractivity contribution >= 4 is 27.8 Å². The van der Waals surface area contributed by atoms with Crippen molar-refractivity contribution < 1.29 is 26.6 Å². The Morgan fingerprint density at radius 2 is 0.927 bits per heavy atom. The van der Waals surface area contributed by atoms with Crippen LogP contribution in [-0.4, -0.2) is 27.8 Å². The van der Waals surface area contributed by atoms with Gasteiger partial charge in [0.2, 0.25) is 0 Å². The molecule has 2 aliphatic rings. The first kappa shape index (κ1) is 27.1. The third-order valence-electron chi connectivity index (χ3n) is 7.42. The van der Waals surface area contributed by atoms with Crippen molar-refractivity contribution in [1.82, 2.24) is 0 Å². The summed E-state index contributed by atoms with van der Waals surface area (Å²) in [6.45, 7) is 0. The molecule has 0 aromatic heterocycles. The molecule has 0 radical (unpaired) electrons. The Morgan fingerprint density at radius 3 is 1.32 bits per heavy atom. The summed E-state index contributed by atoms with van der Waals surface area (Å²) in [7, 11) is 0. The van der Waals surface area contributed by atoms with Crippen molar-refractivity contribution in [1.29, 1.82) is 0 Å². The van der Waals surface area contributed by atoms with Crippen molar-refractivity contribution in [2.75, 3.05) is 0 Å². The number of carbonyl (C=O) groups is 2. The van der Waals surface area contributed by atoms with E-state index >= 15 is 0 Å². The summed E-state index contributed by atoms with van der Waals surface area (Å²) in [5, 5.41) is 0. The summed E-state index contributed by atoms with van der Waals surface area (Å²) in [5.74, 6) is 1.70. The molecule has 4 aromatic rings. The molecule has 7 heteroatoms. The van der Waals surface area contributed by atoms with Crippen molar-refractivity contribution in [3.8, 4) is 23.0 Å². The van der Waals surface area contributed by atoms with Crippen LogP contribution >= 0.6 is 0 Å². The molecule has 0 saturated heterocycles. The summed E-state index contributed by atoms with van der Waals surface area (Å²) in [6, 6.07) is 34.2. The van der Waals surface area contributed by atoms with Gasteiger partial charge in [-0.3, -0.25) is 0 Å². The molecule has 6 rings (SSSR count). The molecule has 0 aliphatic heterocycles. The average molecular weight is 562 g/mol. The van der Waals surface area contributed by atoms with Gasteiger partial charge in [-0.1, -0.05) is 0 Å². The molecule has 2 atom stereocenters. The summed E-state index contributed by atoms with van der Waals surface area (Å²) >= 11 is -1.28. The number of hydrogen-bond donors (Lipinski definition) is 0. The molecule has 0 N–H and O–H groups in total. The van der Waals surface area contributed by atoms with E-state index in [0.29, 0.717) is 11.5 Å². The molecular formula is C34H30AlO6+. The third-order valence-corrected chi connectivity index (χ3v) is 8.07. The van der Waals surface area contributed by atoms with Crippen molar-refractivity contribution in [3.63, 3.8) is 0 Å². The van der Waals surface area contributed by atoms with Crippen LogP contribution < -0.4 is 9.47 Å². The summed E-state index contributed by atoms with van der Waals surface area (Å²) < 4.78 is 23.2. The molecule has 0 spiro atoms. The molecule has 6 nitrogen and oxygen atoms in total. The van der Waals surface area contributed by atoms with Gasteiger partial charge < -0.3 is 0 Å². The Labute approximate surface area is 246 Å². The van der Waals surface area contributed by atoms with Crippen LogP contribution in [0.2, 0.25) is 0 Å². The van der Waals surface area contributed by atoms with Crippen molar-refractivity contribution in [2.45, 2.75) is 37.5 Å². The van der Waals surface area contributed by atoms with Crippen LogP contribution in [0, 0.1) is 11.8 Å². The average Bonchev–Trinajstić information content (AvgIpc) is 3.92. The van der Waals surface area contributed by atoms with Gasteiger partial charge in [-0.2, -0.15) is 0 Å². The number of carbonyl (C=O) groups excluding carboxylic acids is 2. The van der Waals surface area contributed by atoms with Gasteiger partial charge in [0.15, 0.2) is 0 Å². The first-order valence-electron chi connectivity index (χ1n) is 14.0. The van der Waals surface area contributed by atoms with E-state index in [1.165, 1.54) is 0 Å². The Hall–Kier alpha value is -4.05. The number of rotatable bonds is 12. The van der Waals surface area contributed by atoms with Crippen LogP contribution in [0.15, 0.2) is 109 Å². The molecule has 2 saturated carbocycles. The summed E-state index contributed by atoms with van der Waals surface area (Å²) in [5.41, 5.74) is 1.70. The first-order valence-corrected chi connectivity index (χ1v) is 15.0. The number of ether oxygens (including phenoxy) is 2. The summed E-state index contributed by atoms with van der Waals surface area (Å²) in [4.78, 5) is 26.5. The minimum atomic E-state index is -1.28. The molecule has 41 heavy (non-hydrogen) atoms. The van der Waals surface area contributed by atoms with Crippen LogP contribution in [0.25, 0.3) is 0 Å². The van der Waals surface area contributed by atoms with E-state index in [-0.39, 0.29) is 23.8 Å². The molecule has 0 bridgehead atoms. The van der Waals surface area contributed by atoms with Crippen LogP contribution in [-0.2, 0) is 17.2 Å². The van der Waals surface area contributed by atoms with Gasteiger partial charge in [0, 0.05) is 0 Å². The van der Waals surface area contributed by atoms with Crippen LogP contribution in [0.3, 0.4) is 0 Å². The third kappa shape index (κ3) is 7.18. The zero-order valence-corrected chi connectivity index (χ0v) is 23.7.